The summed E-state index contributed by atoms with van der Waals surface area (Å²) >= 11 is 0. The van der Waals surface area contributed by atoms with E-state index in [1.165, 1.54) is 12.1 Å². The highest BCUT2D eigenvalue weighted by molar-refractivity contribution is 5.65. The number of ether oxygens (including phenoxy) is 1. The van der Waals surface area contributed by atoms with Gasteiger partial charge >= 0.3 is 0 Å². The summed E-state index contributed by atoms with van der Waals surface area (Å²) in [4.78, 5) is 0. The van der Waals surface area contributed by atoms with Crippen molar-refractivity contribution in [2.75, 3.05) is 6.61 Å². The highest BCUT2D eigenvalue weighted by Gasteiger charge is 2.23. The van der Waals surface area contributed by atoms with E-state index in [-0.39, 0.29) is 17.3 Å². The van der Waals surface area contributed by atoms with E-state index in [9.17, 15) is 13.2 Å². The van der Waals surface area contributed by atoms with Crippen LogP contribution in [-0.2, 0) is 12.8 Å². The van der Waals surface area contributed by atoms with Gasteiger partial charge in [0.15, 0.2) is 0 Å². The maximum Gasteiger partial charge on any atom is 0.131 e. The number of benzene rings is 3. The minimum Gasteiger partial charge on any atom is -0.494 e. The van der Waals surface area contributed by atoms with Gasteiger partial charge in [-0.05, 0) is 110 Å². The molecule has 0 N–H and O–H groups in total. The quantitative estimate of drug-likeness (QED) is 0.339. The molecule has 0 aromatic heterocycles. The number of aryl methyl sites for hydroxylation is 3. The molecule has 0 heterocycles. The first-order chi connectivity index (χ1) is 16.4. The maximum atomic E-state index is 15.0. The van der Waals surface area contributed by atoms with Gasteiger partial charge in [0.05, 0.1) is 6.61 Å². The fraction of sp³-hybridized carbons (Fsp3) is 0.400. The fourth-order valence-electron chi connectivity index (χ4n) is 5.07. The first-order valence-corrected chi connectivity index (χ1v) is 12.4. The van der Waals surface area contributed by atoms with E-state index >= 15 is 0 Å². The average Bonchev–Trinajstić information content (AvgIpc) is 2.82. The Morgan fingerprint density at radius 2 is 1.44 bits per heavy atom. The molecule has 0 radical (unpaired) electrons. The summed E-state index contributed by atoms with van der Waals surface area (Å²) < 4.78 is 50.1. The van der Waals surface area contributed by atoms with Crippen LogP contribution in [0.15, 0.2) is 48.5 Å². The predicted octanol–water partition coefficient (Wildman–Crippen LogP) is 8.56. The first kappa shape index (κ1) is 24.4. The number of rotatable bonds is 7. The summed E-state index contributed by atoms with van der Waals surface area (Å²) in [5.41, 5.74) is 3.79. The Kier molecular flexibility index (Phi) is 7.65. The van der Waals surface area contributed by atoms with Crippen LogP contribution in [0.2, 0.25) is 0 Å². The van der Waals surface area contributed by atoms with Crippen LogP contribution in [0.25, 0.3) is 11.1 Å². The lowest BCUT2D eigenvalue weighted by atomic mass is 9.78. The van der Waals surface area contributed by atoms with Crippen molar-refractivity contribution in [1.29, 1.82) is 0 Å². The lowest BCUT2D eigenvalue weighted by Gasteiger charge is -2.27. The van der Waals surface area contributed by atoms with Gasteiger partial charge in [-0.3, -0.25) is 0 Å². The first-order valence-electron chi connectivity index (χ1n) is 12.4. The summed E-state index contributed by atoms with van der Waals surface area (Å²) in [5, 5.41) is 0. The van der Waals surface area contributed by atoms with Crippen molar-refractivity contribution < 1.29 is 17.9 Å². The lowest BCUT2D eigenvalue weighted by Crippen LogP contribution is -2.13. The summed E-state index contributed by atoms with van der Waals surface area (Å²) in [6.07, 6.45) is 5.12. The molecule has 4 heteroatoms. The Morgan fingerprint density at radius 3 is 2.12 bits per heavy atom. The van der Waals surface area contributed by atoms with Gasteiger partial charge < -0.3 is 4.74 Å². The summed E-state index contributed by atoms with van der Waals surface area (Å²) in [6.45, 7) is 6.68. The van der Waals surface area contributed by atoms with Crippen LogP contribution in [0.3, 0.4) is 0 Å². The van der Waals surface area contributed by atoms with Gasteiger partial charge in [-0.25, -0.2) is 13.2 Å². The van der Waals surface area contributed by atoms with Gasteiger partial charge in [-0.2, -0.15) is 0 Å². The maximum absolute atomic E-state index is 15.0. The van der Waals surface area contributed by atoms with Gasteiger partial charge in [-0.1, -0.05) is 38.0 Å². The molecule has 0 saturated heterocycles. The van der Waals surface area contributed by atoms with Gasteiger partial charge in [0.25, 0.3) is 0 Å². The van der Waals surface area contributed by atoms with Crippen molar-refractivity contribution in [3.63, 3.8) is 0 Å². The van der Waals surface area contributed by atoms with Crippen LogP contribution in [0, 0.1) is 30.3 Å². The highest BCUT2D eigenvalue weighted by atomic mass is 19.1. The molecule has 3 aromatic carbocycles. The Bertz CT molecular complexity index is 1130. The van der Waals surface area contributed by atoms with Crippen LogP contribution < -0.4 is 4.74 Å². The van der Waals surface area contributed by atoms with E-state index < -0.39 is 11.6 Å². The SMILES string of the molecule is CCOc1ccc(-c2cc(F)c(CCc3cc(F)c(C4CCC(C)CC4)cc3C)cc2F)cc1. The topological polar surface area (TPSA) is 9.23 Å². The van der Waals surface area contributed by atoms with E-state index in [0.29, 0.717) is 36.3 Å². The van der Waals surface area contributed by atoms with Crippen molar-refractivity contribution in [1.82, 2.24) is 0 Å². The van der Waals surface area contributed by atoms with Crippen LogP contribution >= 0.6 is 0 Å². The van der Waals surface area contributed by atoms with Crippen molar-refractivity contribution in [3.8, 4) is 16.9 Å². The van der Waals surface area contributed by atoms with E-state index in [4.69, 9.17) is 4.74 Å². The van der Waals surface area contributed by atoms with Crippen molar-refractivity contribution in [2.45, 2.75) is 65.2 Å². The standard InChI is InChI=1S/C30H33F3O/c1-4-34-25-13-11-22(12-14-25)27-18-28(31)24(17-30(27)33)10-9-23-16-29(32)26(15-20(23)3)21-7-5-19(2)6-8-21/h11-19,21H,4-10H2,1-3H3. The second-order valence-electron chi connectivity index (χ2n) is 9.64. The summed E-state index contributed by atoms with van der Waals surface area (Å²) in [7, 11) is 0. The monoisotopic (exact) mass is 466 g/mol. The van der Waals surface area contributed by atoms with Crippen molar-refractivity contribution >= 4 is 0 Å². The Labute approximate surface area is 201 Å². The Balaban J connectivity index is 1.48. The predicted molar refractivity (Wildman–Crippen MR) is 132 cm³/mol. The molecule has 0 bridgehead atoms. The minimum absolute atomic E-state index is 0.169. The lowest BCUT2D eigenvalue weighted by molar-refractivity contribution is 0.340. The second-order valence-corrected chi connectivity index (χ2v) is 9.64. The van der Waals surface area contributed by atoms with Gasteiger partial charge in [0, 0.05) is 5.56 Å². The number of halogens is 3. The summed E-state index contributed by atoms with van der Waals surface area (Å²) in [5.74, 6) is 0.608. The molecule has 0 aliphatic heterocycles. The zero-order chi connectivity index (χ0) is 24.2. The Morgan fingerprint density at radius 1 is 0.794 bits per heavy atom. The average molecular weight is 467 g/mol. The molecule has 0 unspecified atom stereocenters. The molecule has 0 spiro atoms. The van der Waals surface area contributed by atoms with Gasteiger partial charge in [-0.15, -0.1) is 0 Å². The normalized spacial score (nSPS) is 18.2. The highest BCUT2D eigenvalue weighted by Crippen LogP contribution is 2.37. The second kappa shape index (κ2) is 10.7. The van der Waals surface area contributed by atoms with E-state index in [2.05, 4.69) is 6.92 Å². The molecule has 180 valence electrons. The number of hydrogen-bond acceptors (Lipinski definition) is 1. The van der Waals surface area contributed by atoms with E-state index in [1.807, 2.05) is 19.9 Å². The Hall–Kier alpha value is -2.75. The van der Waals surface area contributed by atoms with Crippen molar-refractivity contribution in [3.05, 3.63) is 88.2 Å². The molecule has 1 fully saturated rings. The third kappa shape index (κ3) is 5.48. The molecule has 3 aromatic rings. The molecule has 1 aliphatic carbocycles. The van der Waals surface area contributed by atoms with Crippen molar-refractivity contribution in [2.24, 2.45) is 5.92 Å². The molecule has 1 aliphatic rings. The van der Waals surface area contributed by atoms with Gasteiger partial charge in [0.2, 0.25) is 0 Å². The fourth-order valence-corrected chi connectivity index (χ4v) is 5.07. The molecule has 34 heavy (non-hydrogen) atoms. The van der Waals surface area contributed by atoms with Crippen LogP contribution in [0.5, 0.6) is 5.75 Å². The smallest absolute Gasteiger partial charge is 0.131 e. The van der Waals surface area contributed by atoms with E-state index in [0.717, 1.165) is 48.3 Å². The van der Waals surface area contributed by atoms with Gasteiger partial charge in [0.1, 0.15) is 23.2 Å². The molecule has 1 nitrogen and oxygen atoms in total. The molecule has 0 amide bonds. The summed E-state index contributed by atoms with van der Waals surface area (Å²) in [6, 6.07) is 13.0. The van der Waals surface area contributed by atoms with Crippen LogP contribution in [-0.4, -0.2) is 6.61 Å². The zero-order valence-corrected chi connectivity index (χ0v) is 20.3. The molecule has 4 rings (SSSR count). The minimum atomic E-state index is -0.467. The third-order valence-electron chi connectivity index (χ3n) is 7.19. The molecule has 1 saturated carbocycles. The largest absolute Gasteiger partial charge is 0.494 e. The number of hydrogen-bond donors (Lipinski definition) is 0. The molecule has 0 atom stereocenters. The van der Waals surface area contributed by atoms with Crippen LogP contribution in [0.1, 0.15) is 67.7 Å². The third-order valence-corrected chi connectivity index (χ3v) is 7.19. The molecular weight excluding hydrogens is 433 g/mol. The van der Waals surface area contributed by atoms with Crippen LogP contribution in [0.4, 0.5) is 13.2 Å². The molecular formula is C30H33F3O. The zero-order valence-electron chi connectivity index (χ0n) is 20.3. The van der Waals surface area contributed by atoms with E-state index in [1.54, 1.807) is 30.3 Å².